The normalized spacial score (nSPS) is 22.4. The van der Waals surface area contributed by atoms with Crippen LogP contribution in [0.5, 0.6) is 0 Å². The number of methoxy groups -OCH3 is 1. The van der Waals surface area contributed by atoms with E-state index in [-0.39, 0.29) is 12.0 Å². The third-order valence-electron chi connectivity index (χ3n) is 1.83. The fraction of sp³-hybridized carbons (Fsp3) is 0.625. The van der Waals surface area contributed by atoms with E-state index < -0.39 is 0 Å². The average molecular weight is 155 g/mol. The lowest BCUT2D eigenvalue weighted by molar-refractivity contribution is -0.142. The number of ether oxygens (including phenoxy) is 1. The van der Waals surface area contributed by atoms with Crippen LogP contribution in [-0.2, 0) is 9.53 Å². The van der Waals surface area contributed by atoms with Crippen molar-refractivity contribution in [2.24, 2.45) is 0 Å². The zero-order valence-electron chi connectivity index (χ0n) is 6.89. The van der Waals surface area contributed by atoms with Crippen molar-refractivity contribution in [3.05, 3.63) is 11.8 Å². The smallest absolute Gasteiger partial charge is 0.328 e. The van der Waals surface area contributed by atoms with Gasteiger partial charge in [0.25, 0.3) is 0 Å². The van der Waals surface area contributed by atoms with E-state index in [1.54, 1.807) is 0 Å². The van der Waals surface area contributed by atoms with E-state index in [1.807, 2.05) is 6.08 Å². The summed E-state index contributed by atoms with van der Waals surface area (Å²) in [7, 11) is 1.41. The Bertz CT molecular complexity index is 187. The second-order valence-electron chi connectivity index (χ2n) is 2.54. The molecule has 1 aliphatic rings. The van der Waals surface area contributed by atoms with Crippen LogP contribution in [0.3, 0.4) is 0 Å². The van der Waals surface area contributed by atoms with Crippen LogP contribution >= 0.6 is 0 Å². The molecule has 1 aliphatic heterocycles. The van der Waals surface area contributed by atoms with Crippen LogP contribution < -0.4 is 5.32 Å². The molecule has 0 saturated carbocycles. The van der Waals surface area contributed by atoms with Crippen molar-refractivity contribution in [2.45, 2.75) is 25.8 Å². The quantitative estimate of drug-likeness (QED) is 0.600. The molecule has 3 nitrogen and oxygen atoms in total. The van der Waals surface area contributed by atoms with Crippen molar-refractivity contribution >= 4 is 5.97 Å². The summed E-state index contributed by atoms with van der Waals surface area (Å²) < 4.78 is 4.59. The molecule has 0 aromatic heterocycles. The molecule has 0 spiro atoms. The molecule has 0 amide bonds. The number of carbonyl (C=O) groups excluding carboxylic acids is 1. The van der Waals surface area contributed by atoms with Gasteiger partial charge in [0.15, 0.2) is 0 Å². The monoisotopic (exact) mass is 155 g/mol. The summed E-state index contributed by atoms with van der Waals surface area (Å²) in [5, 5.41) is 3.08. The highest BCUT2D eigenvalue weighted by atomic mass is 16.5. The summed E-state index contributed by atoms with van der Waals surface area (Å²) in [6, 6.07) is -0.144. The molecule has 0 bridgehead atoms. The number of hydrogen-bond donors (Lipinski definition) is 1. The highest BCUT2D eigenvalue weighted by Crippen LogP contribution is 2.11. The maximum atomic E-state index is 11.0. The molecule has 1 heterocycles. The minimum absolute atomic E-state index is 0.144. The number of allylic oxidation sites excluding steroid dienone is 1. The minimum atomic E-state index is -0.176. The van der Waals surface area contributed by atoms with Crippen molar-refractivity contribution < 1.29 is 9.53 Å². The van der Waals surface area contributed by atoms with Gasteiger partial charge in [0.05, 0.1) is 7.11 Å². The molecule has 0 aromatic carbocycles. The number of rotatable bonds is 2. The summed E-state index contributed by atoms with van der Waals surface area (Å²) in [5.41, 5.74) is 1.14. The molecule has 3 heteroatoms. The van der Waals surface area contributed by atoms with Crippen LogP contribution in [0.25, 0.3) is 0 Å². The SMILES string of the molecule is CCC1=CCC(C(=O)OC)N1. The first-order valence-corrected chi connectivity index (χ1v) is 3.81. The lowest BCUT2D eigenvalue weighted by Gasteiger charge is -2.09. The summed E-state index contributed by atoms with van der Waals surface area (Å²) in [4.78, 5) is 11.0. The second-order valence-corrected chi connectivity index (χ2v) is 2.54. The first-order chi connectivity index (χ1) is 5.27. The molecule has 62 valence electrons. The standard InChI is InChI=1S/C8H13NO2/c1-3-6-4-5-7(9-6)8(10)11-2/h4,7,9H,3,5H2,1-2H3. The molecule has 0 saturated heterocycles. The molecular weight excluding hydrogens is 142 g/mol. The molecule has 0 aliphatic carbocycles. The van der Waals surface area contributed by atoms with Crippen LogP contribution in [0, 0.1) is 0 Å². The predicted octanol–water partition coefficient (Wildman–Crippen LogP) is 0.815. The number of carbonyl (C=O) groups is 1. The van der Waals surface area contributed by atoms with E-state index in [0.29, 0.717) is 0 Å². The van der Waals surface area contributed by atoms with E-state index in [9.17, 15) is 4.79 Å². The van der Waals surface area contributed by atoms with Crippen molar-refractivity contribution in [2.75, 3.05) is 7.11 Å². The molecule has 0 aromatic rings. The molecule has 11 heavy (non-hydrogen) atoms. The minimum Gasteiger partial charge on any atom is -0.467 e. The Balaban J connectivity index is 2.41. The van der Waals surface area contributed by atoms with Gasteiger partial charge in [0.2, 0.25) is 0 Å². The van der Waals surface area contributed by atoms with Gasteiger partial charge in [-0.25, -0.2) is 4.79 Å². The maximum absolute atomic E-state index is 11.0. The van der Waals surface area contributed by atoms with E-state index in [2.05, 4.69) is 17.0 Å². The summed E-state index contributed by atoms with van der Waals surface area (Å²) in [5.74, 6) is -0.176. The fourth-order valence-corrected chi connectivity index (χ4v) is 1.15. The topological polar surface area (TPSA) is 38.3 Å². The van der Waals surface area contributed by atoms with Gasteiger partial charge < -0.3 is 10.1 Å². The third kappa shape index (κ3) is 1.73. The van der Waals surface area contributed by atoms with Gasteiger partial charge in [0, 0.05) is 5.70 Å². The number of nitrogens with one attached hydrogen (secondary N) is 1. The molecule has 0 fully saturated rings. The molecule has 1 N–H and O–H groups in total. The Morgan fingerprint density at radius 3 is 3.09 bits per heavy atom. The summed E-state index contributed by atoms with van der Waals surface area (Å²) >= 11 is 0. The maximum Gasteiger partial charge on any atom is 0.328 e. The average Bonchev–Trinajstić information content (AvgIpc) is 2.50. The van der Waals surface area contributed by atoms with Gasteiger partial charge in [-0.3, -0.25) is 0 Å². The fourth-order valence-electron chi connectivity index (χ4n) is 1.15. The first kappa shape index (κ1) is 8.11. The van der Waals surface area contributed by atoms with Gasteiger partial charge >= 0.3 is 5.97 Å². The second kappa shape index (κ2) is 3.42. The molecule has 1 atom stereocenters. The van der Waals surface area contributed by atoms with Crippen molar-refractivity contribution in [1.29, 1.82) is 0 Å². The Labute approximate surface area is 66.4 Å². The van der Waals surface area contributed by atoms with Gasteiger partial charge in [-0.15, -0.1) is 0 Å². The number of hydrogen-bond acceptors (Lipinski definition) is 3. The zero-order chi connectivity index (χ0) is 8.27. The van der Waals surface area contributed by atoms with Gasteiger partial charge in [0.1, 0.15) is 6.04 Å². The Kier molecular flexibility index (Phi) is 2.52. The Morgan fingerprint density at radius 2 is 2.64 bits per heavy atom. The first-order valence-electron chi connectivity index (χ1n) is 3.81. The highest BCUT2D eigenvalue weighted by Gasteiger charge is 2.22. The third-order valence-corrected chi connectivity index (χ3v) is 1.83. The van der Waals surface area contributed by atoms with E-state index in [4.69, 9.17) is 0 Å². The van der Waals surface area contributed by atoms with Gasteiger partial charge in [-0.1, -0.05) is 13.0 Å². The van der Waals surface area contributed by atoms with Crippen LogP contribution in [-0.4, -0.2) is 19.1 Å². The van der Waals surface area contributed by atoms with Crippen molar-refractivity contribution in [3.8, 4) is 0 Å². The Hall–Kier alpha value is -0.990. The number of esters is 1. The molecule has 1 unspecified atom stereocenters. The highest BCUT2D eigenvalue weighted by molar-refractivity contribution is 5.76. The van der Waals surface area contributed by atoms with Crippen LogP contribution in [0.4, 0.5) is 0 Å². The largest absolute Gasteiger partial charge is 0.467 e. The summed E-state index contributed by atoms with van der Waals surface area (Å²) in [6.07, 6.45) is 3.75. The van der Waals surface area contributed by atoms with Crippen LogP contribution in [0.2, 0.25) is 0 Å². The summed E-state index contributed by atoms with van der Waals surface area (Å²) in [6.45, 7) is 2.05. The molecular formula is C8H13NO2. The van der Waals surface area contributed by atoms with E-state index in [1.165, 1.54) is 7.11 Å². The van der Waals surface area contributed by atoms with Crippen molar-refractivity contribution in [3.63, 3.8) is 0 Å². The molecule has 1 rings (SSSR count). The van der Waals surface area contributed by atoms with Gasteiger partial charge in [-0.2, -0.15) is 0 Å². The predicted molar refractivity (Wildman–Crippen MR) is 41.9 cm³/mol. The van der Waals surface area contributed by atoms with E-state index in [0.717, 1.165) is 18.5 Å². The van der Waals surface area contributed by atoms with Crippen LogP contribution in [0.1, 0.15) is 19.8 Å². The van der Waals surface area contributed by atoms with Crippen molar-refractivity contribution in [1.82, 2.24) is 5.32 Å². The Morgan fingerprint density at radius 1 is 1.91 bits per heavy atom. The van der Waals surface area contributed by atoms with Gasteiger partial charge in [-0.05, 0) is 12.8 Å². The van der Waals surface area contributed by atoms with E-state index >= 15 is 0 Å². The lowest BCUT2D eigenvalue weighted by atomic mass is 10.2. The molecule has 0 radical (unpaired) electrons. The zero-order valence-corrected chi connectivity index (χ0v) is 6.89. The van der Waals surface area contributed by atoms with Crippen LogP contribution in [0.15, 0.2) is 11.8 Å². The lowest BCUT2D eigenvalue weighted by Crippen LogP contribution is -2.32.